The van der Waals surface area contributed by atoms with Crippen LogP contribution in [-0.4, -0.2) is 42.3 Å². The summed E-state index contributed by atoms with van der Waals surface area (Å²) in [5.41, 5.74) is 5.23. The minimum absolute atomic E-state index is 0.0643. The number of carbonyl (C=O) groups excluding carboxylic acids is 2. The Balaban J connectivity index is 1.34. The van der Waals surface area contributed by atoms with Crippen LogP contribution in [0.2, 0.25) is 0 Å². The molecule has 1 aliphatic carbocycles. The molecule has 5 rings (SSSR count). The van der Waals surface area contributed by atoms with Crippen molar-refractivity contribution in [3.63, 3.8) is 0 Å². The maximum absolute atomic E-state index is 13.6. The van der Waals surface area contributed by atoms with Crippen LogP contribution < -0.4 is 10.2 Å². The summed E-state index contributed by atoms with van der Waals surface area (Å²) in [6.45, 7) is 8.37. The number of benzene rings is 2. The maximum atomic E-state index is 13.6. The summed E-state index contributed by atoms with van der Waals surface area (Å²) in [6, 6.07) is 18.8. The van der Waals surface area contributed by atoms with Crippen LogP contribution in [0.3, 0.4) is 0 Å². The van der Waals surface area contributed by atoms with Crippen molar-refractivity contribution in [2.75, 3.05) is 29.9 Å². The number of hydrogen-bond donors (Lipinski definition) is 1. The summed E-state index contributed by atoms with van der Waals surface area (Å²) in [4.78, 5) is 31.3. The number of likely N-dealkylation sites (tertiary alicyclic amines) is 1. The number of nitrogens with zero attached hydrogens (tertiary/aromatic N) is 2. The lowest BCUT2D eigenvalue weighted by Crippen LogP contribution is -2.48. The van der Waals surface area contributed by atoms with Gasteiger partial charge in [-0.2, -0.15) is 0 Å². The SMILES string of the molecule is CC[C@H]1C2=C(CC(C)(C)CC2=O)Nc2ccccc2N1CC(=O)N1CCC(Cc2ccccc2)CC1. The highest BCUT2D eigenvalue weighted by molar-refractivity contribution is 6.01. The van der Waals surface area contributed by atoms with Crippen molar-refractivity contribution in [1.82, 2.24) is 4.90 Å². The molecule has 0 unspecified atom stereocenters. The first-order chi connectivity index (χ1) is 17.3. The topological polar surface area (TPSA) is 52.7 Å². The number of nitrogens with one attached hydrogen (secondary N) is 1. The monoisotopic (exact) mass is 485 g/mol. The van der Waals surface area contributed by atoms with Crippen LogP contribution in [0.1, 0.15) is 58.4 Å². The minimum atomic E-state index is -0.0979. The molecule has 0 bridgehead atoms. The van der Waals surface area contributed by atoms with Gasteiger partial charge in [0.25, 0.3) is 0 Å². The smallest absolute Gasteiger partial charge is 0.242 e. The van der Waals surface area contributed by atoms with Gasteiger partial charge < -0.3 is 15.1 Å². The molecule has 36 heavy (non-hydrogen) atoms. The molecule has 2 aromatic rings. The number of amides is 1. The zero-order valence-corrected chi connectivity index (χ0v) is 21.9. The van der Waals surface area contributed by atoms with Crippen LogP contribution in [-0.2, 0) is 16.0 Å². The summed E-state index contributed by atoms with van der Waals surface area (Å²) in [5.74, 6) is 1.00. The van der Waals surface area contributed by atoms with Crippen molar-refractivity contribution in [1.29, 1.82) is 0 Å². The van der Waals surface area contributed by atoms with Gasteiger partial charge in [-0.15, -0.1) is 0 Å². The summed E-state index contributed by atoms with van der Waals surface area (Å²) >= 11 is 0. The largest absolute Gasteiger partial charge is 0.357 e. The highest BCUT2D eigenvalue weighted by Crippen LogP contribution is 2.44. The predicted molar refractivity (Wildman–Crippen MR) is 146 cm³/mol. The number of rotatable bonds is 5. The average molecular weight is 486 g/mol. The van der Waals surface area contributed by atoms with E-state index in [1.807, 2.05) is 17.0 Å². The van der Waals surface area contributed by atoms with Crippen molar-refractivity contribution in [2.24, 2.45) is 11.3 Å². The van der Waals surface area contributed by atoms with Gasteiger partial charge in [0, 0.05) is 30.8 Å². The van der Waals surface area contributed by atoms with Crippen LogP contribution in [0, 0.1) is 11.3 Å². The molecule has 5 nitrogen and oxygen atoms in total. The highest BCUT2D eigenvalue weighted by Gasteiger charge is 2.40. The summed E-state index contributed by atoms with van der Waals surface area (Å²) in [6.07, 6.45) is 5.35. The summed E-state index contributed by atoms with van der Waals surface area (Å²) in [5, 5.41) is 3.62. The van der Waals surface area contributed by atoms with E-state index in [2.05, 4.69) is 73.5 Å². The van der Waals surface area contributed by atoms with E-state index < -0.39 is 0 Å². The van der Waals surface area contributed by atoms with Gasteiger partial charge >= 0.3 is 0 Å². The molecule has 1 saturated heterocycles. The number of ketones is 1. The average Bonchev–Trinajstić information content (AvgIpc) is 2.98. The standard InChI is InChI=1S/C31H39N3O2/c1-4-26-30-25(19-31(2,3)20-28(30)35)32-24-12-8-9-13-27(24)34(26)21-29(36)33-16-14-23(15-17-33)18-22-10-6-5-7-11-22/h5-13,23,26,32H,4,14-21H2,1-3H3/t26-/m0/s1. The molecule has 3 aliphatic rings. The van der Waals surface area contributed by atoms with E-state index in [1.165, 1.54) is 5.56 Å². The molecule has 1 fully saturated rings. The van der Waals surface area contributed by atoms with Crippen LogP contribution in [0.5, 0.6) is 0 Å². The Bertz CT molecular complexity index is 1150. The predicted octanol–water partition coefficient (Wildman–Crippen LogP) is 5.82. The second-order valence-corrected chi connectivity index (χ2v) is 11.5. The van der Waals surface area contributed by atoms with Gasteiger partial charge in [-0.25, -0.2) is 0 Å². The van der Waals surface area contributed by atoms with E-state index in [0.29, 0.717) is 18.9 Å². The fraction of sp³-hybridized carbons (Fsp3) is 0.484. The Kier molecular flexibility index (Phi) is 6.92. The Morgan fingerprint density at radius 1 is 1.00 bits per heavy atom. The third-order valence-corrected chi connectivity index (χ3v) is 8.16. The summed E-state index contributed by atoms with van der Waals surface area (Å²) in [7, 11) is 0. The third-order valence-electron chi connectivity index (χ3n) is 8.16. The molecule has 0 spiro atoms. The molecular formula is C31H39N3O2. The fourth-order valence-corrected chi connectivity index (χ4v) is 6.35. The van der Waals surface area contributed by atoms with Gasteiger partial charge in [-0.05, 0) is 61.1 Å². The molecular weight excluding hydrogens is 446 g/mol. The third kappa shape index (κ3) is 5.07. The molecule has 1 N–H and O–H groups in total. The molecule has 0 saturated carbocycles. The van der Waals surface area contributed by atoms with Gasteiger partial charge in [-0.3, -0.25) is 9.59 Å². The number of allylic oxidation sites excluding steroid dienone is 1. The van der Waals surface area contributed by atoms with Gasteiger partial charge in [0.15, 0.2) is 5.78 Å². The fourth-order valence-electron chi connectivity index (χ4n) is 6.35. The molecule has 5 heteroatoms. The molecule has 1 atom stereocenters. The Morgan fingerprint density at radius 3 is 2.42 bits per heavy atom. The lowest BCUT2D eigenvalue weighted by atomic mass is 9.74. The zero-order chi connectivity index (χ0) is 25.3. The lowest BCUT2D eigenvalue weighted by Gasteiger charge is -2.39. The first-order valence-electron chi connectivity index (χ1n) is 13.6. The van der Waals surface area contributed by atoms with Crippen LogP contribution in [0.25, 0.3) is 0 Å². The van der Waals surface area contributed by atoms with Gasteiger partial charge in [0.1, 0.15) is 0 Å². The van der Waals surface area contributed by atoms with Gasteiger partial charge in [-0.1, -0.05) is 63.2 Å². The van der Waals surface area contributed by atoms with E-state index in [4.69, 9.17) is 0 Å². The summed E-state index contributed by atoms with van der Waals surface area (Å²) < 4.78 is 0. The first-order valence-corrected chi connectivity index (χ1v) is 13.6. The van der Waals surface area contributed by atoms with Crippen LogP contribution in [0.4, 0.5) is 11.4 Å². The molecule has 190 valence electrons. The van der Waals surface area contributed by atoms with Crippen LogP contribution in [0.15, 0.2) is 65.9 Å². The number of fused-ring (bicyclic) bond motifs is 1. The Labute approximate surface area is 215 Å². The number of para-hydroxylation sites is 2. The van der Waals surface area contributed by atoms with Crippen LogP contribution >= 0.6 is 0 Å². The van der Waals surface area contributed by atoms with E-state index >= 15 is 0 Å². The van der Waals surface area contributed by atoms with E-state index in [0.717, 1.165) is 67.8 Å². The van der Waals surface area contributed by atoms with E-state index in [1.54, 1.807) is 0 Å². The molecule has 2 aliphatic heterocycles. The number of carbonyl (C=O) groups is 2. The quantitative estimate of drug-likeness (QED) is 0.580. The molecule has 2 heterocycles. The highest BCUT2D eigenvalue weighted by atomic mass is 16.2. The Hall–Kier alpha value is -3.08. The Morgan fingerprint density at radius 2 is 1.69 bits per heavy atom. The number of hydrogen-bond acceptors (Lipinski definition) is 4. The molecule has 0 aromatic heterocycles. The van der Waals surface area contributed by atoms with E-state index in [9.17, 15) is 9.59 Å². The van der Waals surface area contributed by atoms with Crippen molar-refractivity contribution < 1.29 is 9.59 Å². The van der Waals surface area contributed by atoms with Crippen molar-refractivity contribution in [3.05, 3.63) is 71.4 Å². The normalized spacial score (nSPS) is 22.0. The lowest BCUT2D eigenvalue weighted by molar-refractivity contribution is -0.131. The first kappa shape index (κ1) is 24.6. The van der Waals surface area contributed by atoms with Crippen molar-refractivity contribution in [3.8, 4) is 0 Å². The van der Waals surface area contributed by atoms with Crippen molar-refractivity contribution in [2.45, 2.75) is 65.3 Å². The minimum Gasteiger partial charge on any atom is -0.357 e. The second kappa shape index (κ2) is 10.1. The molecule has 2 aromatic carbocycles. The zero-order valence-electron chi connectivity index (χ0n) is 21.9. The van der Waals surface area contributed by atoms with Gasteiger partial charge in [0.05, 0.1) is 24.0 Å². The van der Waals surface area contributed by atoms with Gasteiger partial charge in [0.2, 0.25) is 5.91 Å². The molecule has 1 amide bonds. The maximum Gasteiger partial charge on any atom is 0.242 e. The van der Waals surface area contributed by atoms with Crippen molar-refractivity contribution >= 4 is 23.1 Å². The number of Topliss-reactive ketones (excluding diaryl/α,β-unsaturated/α-hetero) is 1. The number of piperidine rings is 1. The number of anilines is 2. The van der Waals surface area contributed by atoms with E-state index in [-0.39, 0.29) is 23.1 Å². The molecule has 0 radical (unpaired) electrons. The second-order valence-electron chi connectivity index (χ2n) is 11.5.